The van der Waals surface area contributed by atoms with Crippen LogP contribution in [-0.2, 0) is 17.8 Å². The zero-order valence-electron chi connectivity index (χ0n) is 14.7. The van der Waals surface area contributed by atoms with E-state index in [0.717, 1.165) is 23.6 Å². The van der Waals surface area contributed by atoms with Gasteiger partial charge in [-0.2, -0.15) is 0 Å². The molecule has 8 heteroatoms. The molecule has 1 amide bonds. The Bertz CT molecular complexity index is 805. The van der Waals surface area contributed by atoms with Gasteiger partial charge in [-0.25, -0.2) is 15.0 Å². The molecule has 8 nitrogen and oxygen atoms in total. The second-order valence-corrected chi connectivity index (χ2v) is 6.31. The van der Waals surface area contributed by atoms with Crippen LogP contribution >= 0.6 is 0 Å². The van der Waals surface area contributed by atoms with E-state index in [4.69, 9.17) is 14.5 Å². The number of anilines is 1. The highest BCUT2D eigenvalue weighted by Crippen LogP contribution is 2.19. The molecule has 1 fully saturated rings. The van der Waals surface area contributed by atoms with Crippen LogP contribution in [0.5, 0.6) is 5.88 Å². The van der Waals surface area contributed by atoms with Crippen molar-refractivity contribution in [3.63, 3.8) is 0 Å². The minimum Gasteiger partial charge on any atom is -0.481 e. The summed E-state index contributed by atoms with van der Waals surface area (Å²) < 4.78 is 10.5. The number of ether oxygens (including phenoxy) is 2. The Balaban J connectivity index is 1.41. The van der Waals surface area contributed by atoms with Gasteiger partial charge in [-0.15, -0.1) is 0 Å². The number of carbonyl (C=O) groups excluding carboxylic acids is 1. The lowest BCUT2D eigenvalue weighted by Gasteiger charge is -2.35. The van der Waals surface area contributed by atoms with Crippen LogP contribution in [0.4, 0.5) is 5.95 Å². The summed E-state index contributed by atoms with van der Waals surface area (Å²) in [6.07, 6.45) is 4.28. The minimum absolute atomic E-state index is 0.00569. The summed E-state index contributed by atoms with van der Waals surface area (Å²) in [5, 5.41) is 0. The number of amides is 1. The Labute approximate surface area is 151 Å². The molecule has 0 bridgehead atoms. The predicted octanol–water partition coefficient (Wildman–Crippen LogP) is 0.915. The van der Waals surface area contributed by atoms with Crippen LogP contribution in [0.1, 0.15) is 21.6 Å². The van der Waals surface area contributed by atoms with E-state index in [1.807, 2.05) is 11.1 Å². The molecule has 0 unspecified atom stereocenters. The third-order valence-corrected chi connectivity index (χ3v) is 4.72. The fourth-order valence-electron chi connectivity index (χ4n) is 3.22. The van der Waals surface area contributed by atoms with E-state index in [2.05, 4.69) is 14.9 Å². The summed E-state index contributed by atoms with van der Waals surface area (Å²) in [7, 11) is 1.54. The lowest BCUT2D eigenvalue weighted by Crippen LogP contribution is -2.49. The van der Waals surface area contributed by atoms with Crippen molar-refractivity contribution in [3.05, 3.63) is 41.3 Å². The van der Waals surface area contributed by atoms with Gasteiger partial charge >= 0.3 is 0 Å². The minimum atomic E-state index is -0.00569. The second-order valence-electron chi connectivity index (χ2n) is 6.31. The Morgan fingerprint density at radius 3 is 2.88 bits per heavy atom. The number of nitrogens with zero attached hydrogens (tertiary/aromatic N) is 5. The van der Waals surface area contributed by atoms with Crippen molar-refractivity contribution in [3.8, 4) is 5.88 Å². The topological polar surface area (TPSA) is 80.7 Å². The molecule has 0 saturated carbocycles. The van der Waals surface area contributed by atoms with Crippen molar-refractivity contribution in [2.24, 2.45) is 0 Å². The maximum atomic E-state index is 12.7. The van der Waals surface area contributed by atoms with Gasteiger partial charge < -0.3 is 19.3 Å². The quantitative estimate of drug-likeness (QED) is 0.810. The molecule has 0 aromatic carbocycles. The molecular formula is C18H21N5O3. The Morgan fingerprint density at radius 1 is 1.23 bits per heavy atom. The van der Waals surface area contributed by atoms with Gasteiger partial charge in [0, 0.05) is 62.2 Å². The zero-order chi connectivity index (χ0) is 17.9. The normalized spacial score (nSPS) is 17.0. The van der Waals surface area contributed by atoms with Crippen LogP contribution in [0, 0.1) is 0 Å². The summed E-state index contributed by atoms with van der Waals surface area (Å²) in [6, 6.07) is 3.38. The number of aromatic nitrogens is 3. The number of rotatable bonds is 3. The molecule has 2 aliphatic heterocycles. The standard InChI is InChI=1S/C18H21N5O3/c1-25-16-10-13(2-4-19-16)17(24)22-5-7-23(8-6-22)18-20-11-14-12-26-9-3-15(14)21-18/h2,4,10-11H,3,5-9,12H2,1H3. The molecule has 0 atom stereocenters. The van der Waals surface area contributed by atoms with Gasteiger partial charge in [-0.1, -0.05) is 0 Å². The Morgan fingerprint density at radius 2 is 2.08 bits per heavy atom. The highest BCUT2D eigenvalue weighted by atomic mass is 16.5. The van der Waals surface area contributed by atoms with E-state index in [1.165, 1.54) is 0 Å². The fraction of sp³-hybridized carbons (Fsp3) is 0.444. The molecule has 0 spiro atoms. The largest absolute Gasteiger partial charge is 0.481 e. The monoisotopic (exact) mass is 355 g/mol. The van der Waals surface area contributed by atoms with Crippen LogP contribution in [0.25, 0.3) is 0 Å². The maximum absolute atomic E-state index is 12.7. The molecule has 4 heterocycles. The summed E-state index contributed by atoms with van der Waals surface area (Å²) in [5.74, 6) is 1.18. The molecule has 2 aromatic heterocycles. The number of piperazine rings is 1. The van der Waals surface area contributed by atoms with Crippen LogP contribution in [0.3, 0.4) is 0 Å². The van der Waals surface area contributed by atoms with Gasteiger partial charge in [-0.3, -0.25) is 4.79 Å². The number of hydrogen-bond donors (Lipinski definition) is 0. The smallest absolute Gasteiger partial charge is 0.254 e. The number of methoxy groups -OCH3 is 1. The third-order valence-electron chi connectivity index (χ3n) is 4.72. The average Bonchev–Trinajstić information content (AvgIpc) is 2.73. The van der Waals surface area contributed by atoms with Crippen LogP contribution in [0.15, 0.2) is 24.5 Å². The summed E-state index contributed by atoms with van der Waals surface area (Å²) >= 11 is 0. The van der Waals surface area contributed by atoms with E-state index < -0.39 is 0 Å². The number of fused-ring (bicyclic) bond motifs is 1. The zero-order valence-corrected chi connectivity index (χ0v) is 14.7. The third kappa shape index (κ3) is 3.32. The first kappa shape index (κ1) is 16.7. The van der Waals surface area contributed by atoms with E-state index in [1.54, 1.807) is 25.4 Å². The van der Waals surface area contributed by atoms with E-state index in [9.17, 15) is 4.79 Å². The van der Waals surface area contributed by atoms with Crippen LogP contribution < -0.4 is 9.64 Å². The van der Waals surface area contributed by atoms with Gasteiger partial charge in [0.15, 0.2) is 0 Å². The maximum Gasteiger partial charge on any atom is 0.254 e. The van der Waals surface area contributed by atoms with Crippen LogP contribution in [-0.4, -0.2) is 65.7 Å². The average molecular weight is 355 g/mol. The SMILES string of the molecule is COc1cc(C(=O)N2CCN(c3ncc4c(n3)CCOC4)CC2)ccn1. The van der Waals surface area contributed by atoms with Crippen molar-refractivity contribution in [1.82, 2.24) is 19.9 Å². The van der Waals surface area contributed by atoms with E-state index in [-0.39, 0.29) is 5.91 Å². The molecule has 0 aliphatic carbocycles. The highest BCUT2D eigenvalue weighted by molar-refractivity contribution is 5.94. The first-order chi connectivity index (χ1) is 12.7. The predicted molar refractivity (Wildman–Crippen MR) is 94.3 cm³/mol. The summed E-state index contributed by atoms with van der Waals surface area (Å²) in [5.41, 5.74) is 2.74. The molecule has 1 saturated heterocycles. The van der Waals surface area contributed by atoms with Gasteiger partial charge in [0.2, 0.25) is 11.8 Å². The summed E-state index contributed by atoms with van der Waals surface area (Å²) in [4.78, 5) is 29.9. The number of pyridine rings is 1. The van der Waals surface area contributed by atoms with Crippen molar-refractivity contribution in [1.29, 1.82) is 0 Å². The van der Waals surface area contributed by atoms with Crippen molar-refractivity contribution in [2.45, 2.75) is 13.0 Å². The van der Waals surface area contributed by atoms with Crippen LogP contribution in [0.2, 0.25) is 0 Å². The van der Waals surface area contributed by atoms with Crippen molar-refractivity contribution < 1.29 is 14.3 Å². The van der Waals surface area contributed by atoms with E-state index >= 15 is 0 Å². The molecule has 0 radical (unpaired) electrons. The molecule has 0 N–H and O–H groups in total. The molecular weight excluding hydrogens is 334 g/mol. The molecule has 4 rings (SSSR count). The first-order valence-corrected chi connectivity index (χ1v) is 8.71. The van der Waals surface area contributed by atoms with Crippen molar-refractivity contribution in [2.75, 3.05) is 44.8 Å². The molecule has 26 heavy (non-hydrogen) atoms. The first-order valence-electron chi connectivity index (χ1n) is 8.71. The lowest BCUT2D eigenvalue weighted by atomic mass is 10.1. The molecule has 2 aromatic rings. The molecule has 2 aliphatic rings. The lowest BCUT2D eigenvalue weighted by molar-refractivity contribution is 0.0745. The fourth-order valence-corrected chi connectivity index (χ4v) is 3.22. The van der Waals surface area contributed by atoms with Crippen molar-refractivity contribution >= 4 is 11.9 Å². The van der Waals surface area contributed by atoms with Gasteiger partial charge in [-0.05, 0) is 6.07 Å². The Hall–Kier alpha value is -2.74. The Kier molecular flexibility index (Phi) is 4.66. The van der Waals surface area contributed by atoms with Gasteiger partial charge in [0.1, 0.15) is 0 Å². The summed E-state index contributed by atoms with van der Waals surface area (Å²) in [6.45, 7) is 3.99. The molecule has 136 valence electrons. The van der Waals surface area contributed by atoms with Gasteiger partial charge in [0.25, 0.3) is 5.91 Å². The highest BCUT2D eigenvalue weighted by Gasteiger charge is 2.24. The van der Waals surface area contributed by atoms with E-state index in [0.29, 0.717) is 50.8 Å². The number of hydrogen-bond acceptors (Lipinski definition) is 7. The number of carbonyl (C=O) groups is 1. The van der Waals surface area contributed by atoms with Gasteiger partial charge in [0.05, 0.1) is 26.0 Å². The second kappa shape index (κ2) is 7.25.